The van der Waals surface area contributed by atoms with Gasteiger partial charge in [0, 0.05) is 40.4 Å². The maximum Gasteiger partial charge on any atom is 0.416 e. The highest BCUT2D eigenvalue weighted by Gasteiger charge is 2.63. The van der Waals surface area contributed by atoms with Crippen molar-refractivity contribution < 1.29 is 49.8 Å². The van der Waals surface area contributed by atoms with Crippen LogP contribution in [0.3, 0.4) is 0 Å². The lowest BCUT2D eigenvalue weighted by Gasteiger charge is -2.30. The highest BCUT2D eigenvalue weighted by Crippen LogP contribution is 2.48. The lowest BCUT2D eigenvalue weighted by atomic mass is 10.0. The van der Waals surface area contributed by atoms with Gasteiger partial charge in [0.15, 0.2) is 0 Å². The standard InChI is InChI=1S/C46H52F4N6O7S2/c1-25(2)35-24-64-41(53-35)34-21-38(32-13-14-37(62-5)26(3)39(32)52-34)63-31-20-36-40(57)54-45(43(59)55-65(60,61)44(4)15-16-44)22-27(45)11-9-7-6-8-10-12-33(42(58)56(36)23-31)51-30-18-28(46(48,49)50)17-29(47)19-30/h9,11,13-14,17-19,21,24-25,27,31,33,36,51H,6-8,10,12,15-16,20,22-23H2,1-5H3,(H,54,57)(H,55,59)/b11-9-/t27-,31+,33-,36-,45+/m0/s1. The predicted molar refractivity (Wildman–Crippen MR) is 237 cm³/mol. The zero-order valence-electron chi connectivity index (χ0n) is 36.7. The van der Waals surface area contributed by atoms with Crippen LogP contribution in [0.15, 0.2) is 53.9 Å². The van der Waals surface area contributed by atoms with Crippen molar-refractivity contribution in [3.63, 3.8) is 0 Å². The molecule has 4 aliphatic rings. The lowest BCUT2D eigenvalue weighted by Crippen LogP contribution is -2.58. The average molecular weight is 941 g/mol. The lowest BCUT2D eigenvalue weighted by molar-refractivity contribution is -0.140. The molecule has 13 nitrogen and oxygen atoms in total. The van der Waals surface area contributed by atoms with E-state index in [1.165, 1.54) is 16.2 Å². The van der Waals surface area contributed by atoms with Gasteiger partial charge in [0.1, 0.15) is 51.7 Å². The van der Waals surface area contributed by atoms with Crippen LogP contribution in [-0.2, 0) is 30.6 Å². The van der Waals surface area contributed by atoms with Gasteiger partial charge in [-0.15, -0.1) is 11.3 Å². The number of hydrogen-bond acceptors (Lipinski definition) is 11. The van der Waals surface area contributed by atoms with Gasteiger partial charge in [0.25, 0.3) is 5.91 Å². The first-order valence-corrected chi connectivity index (χ1v) is 24.2. The van der Waals surface area contributed by atoms with Crippen molar-refractivity contribution in [1.29, 1.82) is 0 Å². The van der Waals surface area contributed by atoms with Crippen LogP contribution in [0.2, 0.25) is 0 Å². The second kappa shape index (κ2) is 17.5. The Morgan fingerprint density at radius 1 is 1.06 bits per heavy atom. The molecule has 4 aromatic rings. The Morgan fingerprint density at radius 2 is 1.83 bits per heavy atom. The van der Waals surface area contributed by atoms with Crippen LogP contribution in [0.1, 0.15) is 101 Å². The van der Waals surface area contributed by atoms with Gasteiger partial charge in [0.05, 0.1) is 35.2 Å². The molecule has 5 atom stereocenters. The summed E-state index contributed by atoms with van der Waals surface area (Å²) in [5.74, 6) is -2.82. The summed E-state index contributed by atoms with van der Waals surface area (Å²) in [6, 6.07) is 4.83. The van der Waals surface area contributed by atoms with Gasteiger partial charge in [-0.05, 0) is 88.6 Å². The minimum absolute atomic E-state index is 0.0832. The second-order valence-corrected chi connectivity index (χ2v) is 21.2. The van der Waals surface area contributed by atoms with Gasteiger partial charge in [-0.25, -0.2) is 22.8 Å². The topological polar surface area (TPSA) is 169 Å². The van der Waals surface area contributed by atoms with Crippen LogP contribution in [0.4, 0.5) is 23.2 Å². The first-order chi connectivity index (χ1) is 30.7. The van der Waals surface area contributed by atoms with Crippen molar-refractivity contribution in [3.8, 4) is 22.2 Å². The number of aromatic nitrogens is 2. The molecule has 1 saturated heterocycles. The smallest absolute Gasteiger partial charge is 0.416 e. The Morgan fingerprint density at radius 3 is 2.52 bits per heavy atom. The number of pyridine rings is 1. The number of amides is 3. The number of carbonyl (C=O) groups is 3. The van der Waals surface area contributed by atoms with E-state index in [0.717, 1.165) is 23.4 Å². The molecule has 348 valence electrons. The van der Waals surface area contributed by atoms with Crippen molar-refractivity contribution in [2.45, 2.75) is 126 Å². The molecule has 65 heavy (non-hydrogen) atoms. The van der Waals surface area contributed by atoms with Crippen molar-refractivity contribution in [3.05, 3.63) is 76.6 Å². The summed E-state index contributed by atoms with van der Waals surface area (Å²) in [6.45, 7) is 7.32. The quantitative estimate of drug-likeness (QED) is 0.104. The largest absolute Gasteiger partial charge is 0.496 e. The molecule has 3 amide bonds. The van der Waals surface area contributed by atoms with Crippen molar-refractivity contribution >= 4 is 55.7 Å². The third-order valence-electron chi connectivity index (χ3n) is 13.0. The number of thiazole rings is 1. The fraction of sp³-hybridized carbons (Fsp3) is 0.500. The van der Waals surface area contributed by atoms with Crippen molar-refractivity contribution in [2.24, 2.45) is 5.92 Å². The molecule has 2 aromatic heterocycles. The average Bonchev–Trinajstić information content (AvgIpc) is 4.02. The van der Waals surface area contributed by atoms with Crippen LogP contribution in [-0.4, -0.2) is 83.1 Å². The van der Waals surface area contributed by atoms with Gasteiger partial charge in [-0.2, -0.15) is 13.2 Å². The number of rotatable bonds is 10. The summed E-state index contributed by atoms with van der Waals surface area (Å²) in [6.07, 6.45) is 1.21. The Kier molecular flexibility index (Phi) is 12.4. The Bertz CT molecular complexity index is 2670. The maximum absolute atomic E-state index is 14.9. The van der Waals surface area contributed by atoms with Crippen LogP contribution in [0.5, 0.6) is 11.5 Å². The molecule has 2 aliphatic carbocycles. The number of benzene rings is 2. The first kappa shape index (κ1) is 46.2. The Balaban J connectivity index is 1.17. The van der Waals surface area contributed by atoms with E-state index in [9.17, 15) is 40.4 Å². The van der Waals surface area contributed by atoms with Gasteiger partial charge in [-0.1, -0.05) is 38.8 Å². The summed E-state index contributed by atoms with van der Waals surface area (Å²) >= 11 is 1.42. The molecule has 2 aliphatic heterocycles. The number of halogens is 4. The summed E-state index contributed by atoms with van der Waals surface area (Å²) in [5, 5.41) is 8.94. The molecule has 0 radical (unpaired) electrons. The summed E-state index contributed by atoms with van der Waals surface area (Å²) in [5.41, 5.74) is -0.419. The van der Waals surface area contributed by atoms with E-state index in [0.29, 0.717) is 77.7 Å². The van der Waals surface area contributed by atoms with E-state index in [4.69, 9.17) is 19.4 Å². The molecule has 0 bridgehead atoms. The summed E-state index contributed by atoms with van der Waals surface area (Å²) in [4.78, 5) is 54.8. The molecule has 0 spiro atoms. The maximum atomic E-state index is 14.9. The van der Waals surface area contributed by atoms with Gasteiger partial charge in [-0.3, -0.25) is 19.1 Å². The van der Waals surface area contributed by atoms with E-state index >= 15 is 0 Å². The molecular formula is C46H52F4N6O7S2. The van der Waals surface area contributed by atoms with Gasteiger partial charge < -0.3 is 25.0 Å². The number of methoxy groups -OCH3 is 1. The zero-order valence-corrected chi connectivity index (χ0v) is 38.3. The number of nitrogens with zero attached hydrogens (tertiary/aromatic N) is 3. The fourth-order valence-corrected chi connectivity index (χ4v) is 10.9. The number of allylic oxidation sites excluding steroid dienone is 1. The molecule has 2 saturated carbocycles. The number of aryl methyl sites for hydroxylation is 1. The molecule has 8 rings (SSSR count). The van der Waals surface area contributed by atoms with Crippen LogP contribution in [0.25, 0.3) is 21.6 Å². The number of alkyl halides is 3. The molecular weight excluding hydrogens is 889 g/mol. The third kappa shape index (κ3) is 9.40. The summed E-state index contributed by atoms with van der Waals surface area (Å²) in [7, 11) is -2.53. The molecule has 3 N–H and O–H groups in total. The number of anilines is 1. The molecule has 4 heterocycles. The van der Waals surface area contributed by atoms with E-state index in [-0.39, 0.29) is 37.4 Å². The monoisotopic (exact) mass is 940 g/mol. The SMILES string of the molecule is COc1ccc2c(O[C@@H]3C[C@H]4C(=O)N[C@]5(C(=O)NS(=O)(=O)C6(C)CC6)C[C@@H]5/C=C\CCCCC[C@H](Nc5cc(F)cc(C(F)(F)F)c5)C(=O)N4C3)cc(-c3nc(C(C)C)cs3)nc2c1C. The minimum atomic E-state index is -4.86. The number of nitrogens with one attached hydrogen (secondary N) is 3. The number of fused-ring (bicyclic) bond motifs is 3. The molecule has 2 aromatic carbocycles. The first-order valence-electron chi connectivity index (χ1n) is 21.8. The normalized spacial score (nSPS) is 25.2. The van der Waals surface area contributed by atoms with Crippen LogP contribution < -0.4 is 24.8 Å². The molecule has 19 heteroatoms. The third-order valence-corrected chi connectivity index (χ3v) is 16.1. The zero-order chi connectivity index (χ0) is 46.6. The fourth-order valence-electron chi connectivity index (χ4n) is 8.64. The Hall–Kier alpha value is -5.30. The highest BCUT2D eigenvalue weighted by atomic mass is 32.2. The Labute approximate surface area is 378 Å². The second-order valence-electron chi connectivity index (χ2n) is 18.2. The van der Waals surface area contributed by atoms with E-state index in [1.54, 1.807) is 38.3 Å². The predicted octanol–water partition coefficient (Wildman–Crippen LogP) is 8.18. The van der Waals surface area contributed by atoms with Crippen molar-refractivity contribution in [1.82, 2.24) is 24.9 Å². The highest BCUT2D eigenvalue weighted by molar-refractivity contribution is 7.91. The van der Waals surface area contributed by atoms with Gasteiger partial charge in [0.2, 0.25) is 21.8 Å². The van der Waals surface area contributed by atoms with Crippen molar-refractivity contribution in [2.75, 3.05) is 19.0 Å². The number of sulfonamides is 1. The van der Waals surface area contributed by atoms with E-state index < -0.39 is 79.7 Å². The number of hydrogen-bond donors (Lipinski definition) is 3. The minimum Gasteiger partial charge on any atom is -0.496 e. The van der Waals surface area contributed by atoms with E-state index in [1.807, 2.05) is 32.2 Å². The van der Waals surface area contributed by atoms with E-state index in [2.05, 4.69) is 15.4 Å². The number of carbonyl (C=O) groups excluding carboxylic acids is 3. The summed E-state index contributed by atoms with van der Waals surface area (Å²) < 4.78 is 96.3. The van der Waals surface area contributed by atoms with Gasteiger partial charge >= 0.3 is 6.18 Å². The molecule has 3 fully saturated rings. The molecule has 0 unspecified atom stereocenters. The van der Waals surface area contributed by atoms with Crippen LogP contribution in [0, 0.1) is 18.7 Å². The van der Waals surface area contributed by atoms with Crippen LogP contribution >= 0.6 is 11.3 Å². The number of ether oxygens (including phenoxy) is 2.